The molecular weight excluding hydrogens is 552 g/mol. The van der Waals surface area contributed by atoms with E-state index in [1.807, 2.05) is 0 Å². The van der Waals surface area contributed by atoms with Crippen LogP contribution in [0.1, 0.15) is 62.3 Å². The van der Waals surface area contributed by atoms with E-state index in [2.05, 4.69) is 31.9 Å². The van der Waals surface area contributed by atoms with Gasteiger partial charge in [0.05, 0.1) is 18.3 Å². The minimum absolute atomic E-state index is 0.531. The molecule has 0 aromatic heterocycles. The summed E-state index contributed by atoms with van der Waals surface area (Å²) in [6.45, 7) is 13.5. The fourth-order valence-corrected chi connectivity index (χ4v) is 4.28. The highest BCUT2D eigenvalue weighted by atomic mass is 16.3. The topological polar surface area (TPSA) is 235 Å². The number of hydrogen-bond acceptors (Lipinski definition) is 9. The van der Waals surface area contributed by atoms with Gasteiger partial charge >= 0.3 is 0 Å². The van der Waals surface area contributed by atoms with Crippen molar-refractivity contribution in [3.63, 3.8) is 0 Å². The van der Waals surface area contributed by atoms with E-state index in [0.29, 0.717) is 0 Å². The third kappa shape index (κ3) is 9.91. The van der Waals surface area contributed by atoms with E-state index in [1.165, 1.54) is 20.8 Å². The van der Waals surface area contributed by atoms with Gasteiger partial charge in [-0.25, -0.2) is 0 Å². The van der Waals surface area contributed by atoms with E-state index in [4.69, 9.17) is 0 Å². The Morgan fingerprint density at radius 1 is 0.357 bits per heavy atom. The lowest BCUT2D eigenvalue weighted by Crippen LogP contribution is -2.65. The molecule has 1 aliphatic heterocycles. The normalized spacial score (nSPS) is 29.8. The third-order valence-electron chi connectivity index (χ3n) is 6.93. The molecule has 240 valence electrons. The fourth-order valence-electron chi connectivity index (χ4n) is 4.28. The molecule has 42 heavy (non-hydrogen) atoms. The number of amides is 6. The second-order valence-electron chi connectivity index (χ2n) is 11.9. The number of carbonyl (C=O) groups is 6. The minimum atomic E-state index is -1.54. The largest absolute Gasteiger partial charge is 0.391 e. The van der Waals surface area contributed by atoms with E-state index in [1.54, 1.807) is 41.5 Å². The van der Waals surface area contributed by atoms with Gasteiger partial charge in [-0.15, -0.1) is 0 Å². The summed E-state index contributed by atoms with van der Waals surface area (Å²) in [6, 6.07) is -8.38. The van der Waals surface area contributed by atoms with E-state index in [0.717, 1.165) is 0 Å². The zero-order valence-electron chi connectivity index (χ0n) is 25.7. The molecule has 0 bridgehead atoms. The summed E-state index contributed by atoms with van der Waals surface area (Å²) in [6.07, 6.45) is -4.27. The van der Waals surface area contributed by atoms with Crippen LogP contribution < -0.4 is 31.9 Å². The highest BCUT2D eigenvalue weighted by molar-refractivity contribution is 5.98. The van der Waals surface area contributed by atoms with Gasteiger partial charge in [0.2, 0.25) is 35.4 Å². The van der Waals surface area contributed by atoms with Crippen molar-refractivity contribution in [2.45, 2.75) is 117 Å². The molecule has 1 rings (SSSR count). The summed E-state index contributed by atoms with van der Waals surface area (Å²) < 4.78 is 0. The van der Waals surface area contributed by atoms with E-state index in [9.17, 15) is 44.1 Å². The van der Waals surface area contributed by atoms with Crippen LogP contribution in [-0.2, 0) is 28.8 Å². The second-order valence-corrected chi connectivity index (χ2v) is 11.9. The first-order valence-corrected chi connectivity index (χ1v) is 14.2. The fraction of sp³-hybridized carbons (Fsp3) is 0.778. The highest BCUT2D eigenvalue weighted by Crippen LogP contribution is 2.10. The maximum atomic E-state index is 13.2. The Hall–Kier alpha value is -3.30. The average Bonchev–Trinajstić information content (AvgIpc) is 2.86. The highest BCUT2D eigenvalue weighted by Gasteiger charge is 2.39. The lowest BCUT2D eigenvalue weighted by Gasteiger charge is -2.32. The molecule has 15 nitrogen and oxygen atoms in total. The smallest absolute Gasteiger partial charge is 0.245 e. The number of rotatable bonds is 6. The van der Waals surface area contributed by atoms with Crippen LogP contribution in [0, 0.1) is 17.8 Å². The maximum Gasteiger partial charge on any atom is 0.245 e. The number of carbonyl (C=O) groups excluding carboxylic acids is 6. The number of aliphatic hydroxyl groups is 3. The quantitative estimate of drug-likeness (QED) is 0.151. The van der Waals surface area contributed by atoms with Crippen LogP contribution in [0.15, 0.2) is 0 Å². The van der Waals surface area contributed by atoms with Gasteiger partial charge < -0.3 is 47.2 Å². The second kappa shape index (κ2) is 15.8. The Morgan fingerprint density at radius 2 is 0.500 bits per heavy atom. The van der Waals surface area contributed by atoms with Gasteiger partial charge in [-0.2, -0.15) is 0 Å². The zero-order valence-corrected chi connectivity index (χ0v) is 25.7. The maximum absolute atomic E-state index is 13.2. The van der Waals surface area contributed by atoms with Gasteiger partial charge in [0.15, 0.2) is 0 Å². The first-order valence-electron chi connectivity index (χ1n) is 14.2. The van der Waals surface area contributed by atoms with Gasteiger partial charge in [0.25, 0.3) is 0 Å². The average molecular weight is 601 g/mol. The SMILES string of the molecule is CC(C)[C@@H]1NC(=O)[C@H]([C@@H](C)O)NC(=O)[C@H](C(C)C)NC(=O)[C@H]([C@@H](C)O)NC(=O)[C@H](C(C)C)NC(=O)[C@H]([C@@H](C)O)NC1=O. The lowest BCUT2D eigenvalue weighted by atomic mass is 9.98. The molecular formula is C27H48N6O9. The van der Waals surface area contributed by atoms with Crippen molar-refractivity contribution < 1.29 is 44.1 Å². The van der Waals surface area contributed by atoms with Crippen LogP contribution in [-0.4, -0.2) is 105 Å². The summed E-state index contributed by atoms with van der Waals surface area (Å²) >= 11 is 0. The molecule has 0 unspecified atom stereocenters. The Balaban J connectivity index is 3.68. The standard InChI is InChI=1S/C27H48N6O9/c1-10(2)16-22(37)31-20(14(8)35)26(41)29-18(12(5)6)24(39)33-21(15(9)36)27(42)30-17(11(3)4)23(38)32-19(13(7)34)25(40)28-16/h10-21,34-36H,1-9H3,(H,28,40)(H,29,41)(H,30,42)(H,31,37)(H,32,38)(H,33,39)/t13-,14-,15-,16+,17+,18+,19+,20+,21+/m1/s1. The Labute approximate surface area is 246 Å². The van der Waals surface area contributed by atoms with Crippen molar-refractivity contribution in [1.82, 2.24) is 31.9 Å². The summed E-state index contributed by atoms with van der Waals surface area (Å²) in [5.41, 5.74) is 0. The van der Waals surface area contributed by atoms with Crippen molar-refractivity contribution in [2.75, 3.05) is 0 Å². The molecule has 0 spiro atoms. The molecule has 9 N–H and O–H groups in total. The lowest BCUT2D eigenvalue weighted by molar-refractivity contribution is -0.140. The van der Waals surface area contributed by atoms with Crippen LogP contribution in [0.4, 0.5) is 0 Å². The number of hydrogen-bond donors (Lipinski definition) is 9. The molecule has 0 saturated carbocycles. The van der Waals surface area contributed by atoms with Crippen molar-refractivity contribution in [2.24, 2.45) is 17.8 Å². The van der Waals surface area contributed by atoms with Gasteiger partial charge in [-0.3, -0.25) is 28.8 Å². The van der Waals surface area contributed by atoms with Gasteiger partial charge in [0.1, 0.15) is 36.3 Å². The van der Waals surface area contributed by atoms with Crippen molar-refractivity contribution in [3.05, 3.63) is 0 Å². The Morgan fingerprint density at radius 3 is 0.643 bits per heavy atom. The molecule has 1 heterocycles. The van der Waals surface area contributed by atoms with Gasteiger partial charge in [0, 0.05) is 0 Å². The van der Waals surface area contributed by atoms with Gasteiger partial charge in [-0.05, 0) is 38.5 Å². The zero-order chi connectivity index (χ0) is 32.6. The van der Waals surface area contributed by atoms with E-state index in [-0.39, 0.29) is 0 Å². The van der Waals surface area contributed by atoms with Crippen LogP contribution >= 0.6 is 0 Å². The van der Waals surface area contributed by atoms with Crippen LogP contribution in [0.3, 0.4) is 0 Å². The molecule has 6 amide bonds. The number of aliphatic hydroxyl groups excluding tert-OH is 3. The summed E-state index contributed by atoms with van der Waals surface area (Å²) in [4.78, 5) is 79.4. The van der Waals surface area contributed by atoms with E-state index >= 15 is 0 Å². The first-order chi connectivity index (χ1) is 19.3. The summed E-state index contributed by atoms with van der Waals surface area (Å²) in [7, 11) is 0. The molecule has 0 radical (unpaired) electrons. The predicted octanol–water partition coefficient (Wildman–Crippen LogP) is -2.98. The monoisotopic (exact) mass is 600 g/mol. The molecule has 0 aliphatic carbocycles. The Bertz CT molecular complexity index is 797. The van der Waals surface area contributed by atoms with Gasteiger partial charge in [-0.1, -0.05) is 41.5 Å². The molecule has 1 saturated heterocycles. The molecule has 0 aromatic rings. The van der Waals surface area contributed by atoms with Crippen molar-refractivity contribution >= 4 is 35.4 Å². The summed E-state index contributed by atoms with van der Waals surface area (Å²) in [5, 5.41) is 45.6. The molecule has 0 aromatic carbocycles. The van der Waals surface area contributed by atoms with Crippen LogP contribution in [0.5, 0.6) is 0 Å². The predicted molar refractivity (Wildman–Crippen MR) is 151 cm³/mol. The van der Waals surface area contributed by atoms with E-state index < -0.39 is 108 Å². The number of nitrogens with one attached hydrogen (secondary N) is 6. The Kier molecular flexibility index (Phi) is 13.8. The van der Waals surface area contributed by atoms with Crippen LogP contribution in [0.2, 0.25) is 0 Å². The molecule has 1 aliphatic rings. The third-order valence-corrected chi connectivity index (χ3v) is 6.93. The molecule has 15 heteroatoms. The minimum Gasteiger partial charge on any atom is -0.391 e. The summed E-state index contributed by atoms with van der Waals surface area (Å²) in [5.74, 6) is -6.81. The van der Waals surface area contributed by atoms with Crippen molar-refractivity contribution in [3.8, 4) is 0 Å². The molecule has 1 fully saturated rings. The van der Waals surface area contributed by atoms with Crippen molar-refractivity contribution in [1.29, 1.82) is 0 Å². The first kappa shape index (κ1) is 36.7. The molecule has 9 atom stereocenters. The van der Waals surface area contributed by atoms with Crippen LogP contribution in [0.25, 0.3) is 0 Å².